The van der Waals surface area contributed by atoms with E-state index >= 15 is 0 Å². The van der Waals surface area contributed by atoms with Crippen molar-refractivity contribution in [2.45, 2.75) is 20.8 Å². The summed E-state index contributed by atoms with van der Waals surface area (Å²) in [5.74, 6) is 0.592. The fraction of sp³-hybridized carbons (Fsp3) is 0.600. The van der Waals surface area contributed by atoms with E-state index in [-0.39, 0.29) is 0 Å². The van der Waals surface area contributed by atoms with Gasteiger partial charge < -0.3 is 14.5 Å². The van der Waals surface area contributed by atoms with Crippen LogP contribution in [-0.2, 0) is 4.74 Å². The third-order valence-electron chi connectivity index (χ3n) is 3.14. The van der Waals surface area contributed by atoms with Crippen LogP contribution in [0.1, 0.15) is 20.8 Å². The van der Waals surface area contributed by atoms with E-state index in [1.807, 2.05) is 20.8 Å². The Labute approximate surface area is 122 Å². The molecule has 0 aromatic heterocycles. The van der Waals surface area contributed by atoms with Gasteiger partial charge in [-0.3, -0.25) is 4.99 Å². The van der Waals surface area contributed by atoms with Crippen LogP contribution >= 0.6 is 0 Å². The summed E-state index contributed by atoms with van der Waals surface area (Å²) in [7, 11) is 3.87. The summed E-state index contributed by atoms with van der Waals surface area (Å²) < 4.78 is 5.79. The van der Waals surface area contributed by atoms with Crippen molar-refractivity contribution in [3.8, 4) is 0 Å². The number of allylic oxidation sites excluding steroid dienone is 1. The Morgan fingerprint density at radius 3 is 2.25 bits per heavy atom. The first-order valence-electron chi connectivity index (χ1n) is 6.89. The largest absolute Gasteiger partial charge is 0.426 e. The van der Waals surface area contributed by atoms with Crippen LogP contribution in [0, 0.1) is 0 Å². The van der Waals surface area contributed by atoms with Crippen LogP contribution in [0.25, 0.3) is 0 Å². The molecule has 0 saturated carbocycles. The van der Waals surface area contributed by atoms with Gasteiger partial charge in [-0.1, -0.05) is 6.58 Å². The Morgan fingerprint density at radius 2 is 1.75 bits per heavy atom. The number of aliphatic imine (C=N–C) groups is 2. The number of hydrogen-bond acceptors (Lipinski definition) is 4. The molecule has 1 aliphatic heterocycles. The van der Waals surface area contributed by atoms with Crippen LogP contribution in [0.2, 0.25) is 0 Å². The lowest BCUT2D eigenvalue weighted by Crippen LogP contribution is -2.47. The number of likely N-dealkylation sites (N-methyl/N-ethyl adjacent to an activating group) is 1. The lowest BCUT2D eigenvalue weighted by Gasteiger charge is -2.33. The van der Waals surface area contributed by atoms with E-state index in [9.17, 15) is 0 Å². The molecular weight excluding hydrogens is 252 g/mol. The molecule has 0 unspecified atom stereocenters. The predicted octanol–water partition coefficient (Wildman–Crippen LogP) is 2.13. The monoisotopic (exact) mass is 278 g/mol. The average molecular weight is 278 g/mol. The molecule has 1 heterocycles. The lowest BCUT2D eigenvalue weighted by molar-refractivity contribution is 0.186. The molecule has 20 heavy (non-hydrogen) atoms. The second kappa shape index (κ2) is 7.85. The minimum atomic E-state index is 0.592. The third kappa shape index (κ3) is 5.17. The molecule has 1 rings (SSSR count). The standard InChI is InChI=1S/C15H26N4O/c1-12(2)17-11-13(3)14(4)20-15(16-5)19-9-7-18(6)8-10-19/h11H,4,7-10H2,1-3,5-6H3/b13-11+,16-15?. The number of nitrogens with zero attached hydrogens (tertiary/aromatic N) is 4. The fourth-order valence-corrected chi connectivity index (χ4v) is 1.74. The summed E-state index contributed by atoms with van der Waals surface area (Å²) in [6, 6.07) is 0.632. The second-order valence-corrected chi connectivity index (χ2v) is 5.21. The van der Waals surface area contributed by atoms with Gasteiger partial charge in [0.2, 0.25) is 0 Å². The molecule has 1 aliphatic rings. The van der Waals surface area contributed by atoms with Crippen molar-refractivity contribution < 1.29 is 4.74 Å². The Kier molecular flexibility index (Phi) is 6.45. The van der Waals surface area contributed by atoms with Crippen molar-refractivity contribution in [3.05, 3.63) is 24.1 Å². The van der Waals surface area contributed by atoms with Gasteiger partial charge in [0.05, 0.1) is 0 Å². The molecule has 0 bridgehead atoms. The quantitative estimate of drug-likeness (QED) is 0.344. The molecule has 5 nitrogen and oxygen atoms in total. The van der Waals surface area contributed by atoms with E-state index in [1.165, 1.54) is 0 Å². The molecule has 0 spiro atoms. The van der Waals surface area contributed by atoms with Crippen LogP contribution in [0.15, 0.2) is 34.1 Å². The molecule has 0 radical (unpaired) electrons. The normalized spacial score (nSPS) is 17.9. The van der Waals surface area contributed by atoms with Gasteiger partial charge in [-0.2, -0.15) is 0 Å². The maximum Gasteiger partial charge on any atom is 0.292 e. The summed E-state index contributed by atoms with van der Waals surface area (Å²) in [5, 5.41) is 0. The fourth-order valence-electron chi connectivity index (χ4n) is 1.74. The number of rotatable bonds is 3. The molecule has 0 atom stereocenters. The SMILES string of the molecule is C=C(OC(=NC)N1CCN(C)CC1)/C(C)=C/N=C(C)C. The van der Waals surface area contributed by atoms with Gasteiger partial charge >= 0.3 is 0 Å². The molecule has 5 heteroatoms. The Bertz CT molecular complexity index is 425. The van der Waals surface area contributed by atoms with Gasteiger partial charge in [-0.05, 0) is 27.8 Å². The topological polar surface area (TPSA) is 40.4 Å². The van der Waals surface area contributed by atoms with E-state index in [4.69, 9.17) is 4.74 Å². The Morgan fingerprint density at radius 1 is 1.15 bits per heavy atom. The number of hydrogen-bond donors (Lipinski definition) is 0. The number of amidine groups is 1. The highest BCUT2D eigenvalue weighted by Gasteiger charge is 2.19. The summed E-state index contributed by atoms with van der Waals surface area (Å²) in [6.07, 6.45) is 1.77. The third-order valence-corrected chi connectivity index (χ3v) is 3.14. The van der Waals surface area contributed by atoms with E-state index in [0.717, 1.165) is 37.5 Å². The minimum absolute atomic E-state index is 0.592. The average Bonchev–Trinajstić information content (AvgIpc) is 2.42. The highest BCUT2D eigenvalue weighted by atomic mass is 16.5. The highest BCUT2D eigenvalue weighted by molar-refractivity contribution is 5.79. The Hall–Kier alpha value is -1.62. The molecule has 0 aromatic rings. The molecular formula is C15H26N4O. The molecule has 1 saturated heterocycles. The number of ether oxygens (including phenoxy) is 1. The van der Waals surface area contributed by atoms with Crippen LogP contribution in [0.3, 0.4) is 0 Å². The summed E-state index contributed by atoms with van der Waals surface area (Å²) in [6.45, 7) is 13.7. The van der Waals surface area contributed by atoms with Gasteiger partial charge in [0.15, 0.2) is 0 Å². The van der Waals surface area contributed by atoms with Gasteiger partial charge in [0.25, 0.3) is 6.02 Å². The molecule has 112 valence electrons. The van der Waals surface area contributed by atoms with Crippen molar-refractivity contribution in [1.29, 1.82) is 0 Å². The first-order valence-corrected chi connectivity index (χ1v) is 6.89. The molecule has 0 N–H and O–H groups in total. The molecule has 0 aromatic carbocycles. The predicted molar refractivity (Wildman–Crippen MR) is 85.2 cm³/mol. The van der Waals surface area contributed by atoms with E-state index < -0.39 is 0 Å². The smallest absolute Gasteiger partial charge is 0.292 e. The van der Waals surface area contributed by atoms with E-state index in [2.05, 4.69) is 33.4 Å². The summed E-state index contributed by atoms with van der Waals surface area (Å²) >= 11 is 0. The molecule has 1 fully saturated rings. The molecule has 0 aliphatic carbocycles. The van der Waals surface area contributed by atoms with Gasteiger partial charge in [-0.15, -0.1) is 0 Å². The summed E-state index contributed by atoms with van der Waals surface area (Å²) in [4.78, 5) is 12.9. The van der Waals surface area contributed by atoms with E-state index in [0.29, 0.717) is 11.8 Å². The van der Waals surface area contributed by atoms with Gasteiger partial charge in [0, 0.05) is 50.7 Å². The zero-order valence-electron chi connectivity index (χ0n) is 13.3. The highest BCUT2D eigenvalue weighted by Crippen LogP contribution is 2.12. The lowest BCUT2D eigenvalue weighted by atomic mass is 10.3. The van der Waals surface area contributed by atoms with Crippen molar-refractivity contribution in [3.63, 3.8) is 0 Å². The van der Waals surface area contributed by atoms with Crippen LogP contribution < -0.4 is 0 Å². The van der Waals surface area contributed by atoms with Crippen LogP contribution in [-0.4, -0.2) is 61.8 Å². The van der Waals surface area contributed by atoms with Crippen molar-refractivity contribution >= 4 is 11.7 Å². The second-order valence-electron chi connectivity index (χ2n) is 5.21. The Balaban J connectivity index is 2.63. The summed E-state index contributed by atoms with van der Waals surface area (Å²) in [5.41, 5.74) is 1.90. The first-order chi connectivity index (χ1) is 9.43. The maximum atomic E-state index is 5.79. The maximum absolute atomic E-state index is 5.79. The van der Waals surface area contributed by atoms with E-state index in [1.54, 1.807) is 13.2 Å². The van der Waals surface area contributed by atoms with Crippen LogP contribution in [0.4, 0.5) is 0 Å². The minimum Gasteiger partial charge on any atom is -0.426 e. The first kappa shape index (κ1) is 16.4. The van der Waals surface area contributed by atoms with Gasteiger partial charge in [-0.25, -0.2) is 4.99 Å². The molecule has 0 amide bonds. The zero-order valence-corrected chi connectivity index (χ0v) is 13.3. The van der Waals surface area contributed by atoms with Gasteiger partial charge in [0.1, 0.15) is 5.76 Å². The number of piperazine rings is 1. The van der Waals surface area contributed by atoms with Crippen molar-refractivity contribution in [2.75, 3.05) is 40.3 Å². The zero-order chi connectivity index (χ0) is 15.1. The van der Waals surface area contributed by atoms with Crippen molar-refractivity contribution in [2.24, 2.45) is 9.98 Å². The van der Waals surface area contributed by atoms with Crippen molar-refractivity contribution in [1.82, 2.24) is 9.80 Å². The van der Waals surface area contributed by atoms with Crippen LogP contribution in [0.5, 0.6) is 0 Å².